The topological polar surface area (TPSA) is 54.9 Å². The summed E-state index contributed by atoms with van der Waals surface area (Å²) >= 11 is 7.53. The van der Waals surface area contributed by atoms with Crippen LogP contribution in [0.5, 0.6) is 0 Å². The molecule has 0 radical (unpaired) electrons. The molecule has 1 atom stereocenters. The van der Waals surface area contributed by atoms with Crippen LogP contribution in [0.3, 0.4) is 0 Å². The van der Waals surface area contributed by atoms with Crippen LogP contribution in [0.2, 0.25) is 5.02 Å². The van der Waals surface area contributed by atoms with Crippen LogP contribution in [0.4, 0.5) is 5.69 Å². The highest BCUT2D eigenvalue weighted by Crippen LogP contribution is 2.26. The zero-order valence-electron chi connectivity index (χ0n) is 12.8. The summed E-state index contributed by atoms with van der Waals surface area (Å²) in [6.45, 7) is 5.81. The van der Waals surface area contributed by atoms with Crippen LogP contribution < -0.4 is 5.32 Å². The molecule has 0 spiro atoms. The number of nitrogens with one attached hydrogen (secondary N) is 1. The molecular weight excluding hydrogens is 318 g/mol. The maximum Gasteiger partial charge on any atom is 0.237 e. The van der Waals surface area contributed by atoms with Gasteiger partial charge in [-0.15, -0.1) is 0 Å². The van der Waals surface area contributed by atoms with Crippen LogP contribution in [0.1, 0.15) is 24.6 Å². The molecule has 1 aromatic heterocycles. The second kappa shape index (κ2) is 7.61. The van der Waals surface area contributed by atoms with Gasteiger partial charge < -0.3 is 5.32 Å². The van der Waals surface area contributed by atoms with Gasteiger partial charge >= 0.3 is 0 Å². The van der Waals surface area contributed by atoms with Gasteiger partial charge in [-0.1, -0.05) is 36.4 Å². The highest BCUT2D eigenvalue weighted by atomic mass is 35.5. The molecule has 4 nitrogen and oxygen atoms in total. The summed E-state index contributed by atoms with van der Waals surface area (Å²) in [5.41, 5.74) is 2.58. The van der Waals surface area contributed by atoms with Crippen LogP contribution >= 0.6 is 23.4 Å². The first-order chi connectivity index (χ1) is 10.5. The van der Waals surface area contributed by atoms with Crippen molar-refractivity contribution < 1.29 is 4.79 Å². The minimum atomic E-state index is -0.214. The molecule has 1 N–H and O–H groups in total. The normalized spacial score (nSPS) is 12.0. The van der Waals surface area contributed by atoms with Gasteiger partial charge in [0.05, 0.1) is 5.25 Å². The summed E-state index contributed by atoms with van der Waals surface area (Å²) in [6.07, 6.45) is 2.22. The van der Waals surface area contributed by atoms with Crippen molar-refractivity contribution in [2.75, 3.05) is 5.32 Å². The molecule has 1 amide bonds. The summed E-state index contributed by atoms with van der Waals surface area (Å²) in [4.78, 5) is 20.7. The van der Waals surface area contributed by atoms with Gasteiger partial charge in [-0.05, 0) is 44.0 Å². The van der Waals surface area contributed by atoms with E-state index in [4.69, 9.17) is 11.6 Å². The van der Waals surface area contributed by atoms with E-state index in [0.29, 0.717) is 17.1 Å². The number of rotatable bonds is 5. The zero-order valence-corrected chi connectivity index (χ0v) is 14.3. The predicted octanol–water partition coefficient (Wildman–Crippen LogP) is 4.26. The van der Waals surface area contributed by atoms with Gasteiger partial charge in [0.1, 0.15) is 11.4 Å². The van der Waals surface area contributed by atoms with Gasteiger partial charge in [0.15, 0.2) is 0 Å². The average molecular weight is 336 g/mol. The van der Waals surface area contributed by atoms with Crippen molar-refractivity contribution in [1.29, 1.82) is 0 Å². The van der Waals surface area contributed by atoms with E-state index in [1.54, 1.807) is 6.07 Å². The maximum atomic E-state index is 12.4. The largest absolute Gasteiger partial charge is 0.325 e. The minimum Gasteiger partial charge on any atom is -0.325 e. The van der Waals surface area contributed by atoms with E-state index in [0.717, 1.165) is 16.3 Å². The fraction of sp³-hybridized carbons (Fsp3) is 0.312. The lowest BCUT2D eigenvalue weighted by molar-refractivity contribution is -0.115. The number of carbonyl (C=O) groups is 1. The molecule has 0 saturated carbocycles. The van der Waals surface area contributed by atoms with Crippen LogP contribution in [0.15, 0.2) is 35.6 Å². The highest BCUT2D eigenvalue weighted by Gasteiger charge is 2.19. The van der Waals surface area contributed by atoms with E-state index in [2.05, 4.69) is 15.3 Å². The monoisotopic (exact) mass is 335 g/mol. The van der Waals surface area contributed by atoms with Gasteiger partial charge in [-0.3, -0.25) is 4.79 Å². The molecule has 0 saturated heterocycles. The summed E-state index contributed by atoms with van der Waals surface area (Å²) in [6, 6.07) is 7.38. The van der Waals surface area contributed by atoms with Crippen LogP contribution in [-0.2, 0) is 4.79 Å². The van der Waals surface area contributed by atoms with Crippen molar-refractivity contribution in [3.8, 4) is 0 Å². The van der Waals surface area contributed by atoms with Crippen molar-refractivity contribution in [3.05, 3.63) is 46.9 Å². The Bertz CT molecular complexity index is 678. The maximum absolute atomic E-state index is 12.4. The number of nitrogens with zero attached hydrogens (tertiary/aromatic N) is 2. The van der Waals surface area contributed by atoms with E-state index in [1.807, 2.05) is 39.0 Å². The Morgan fingerprint density at radius 1 is 1.32 bits per heavy atom. The summed E-state index contributed by atoms with van der Waals surface area (Å²) in [5, 5.41) is 4.14. The molecule has 116 valence electrons. The number of aryl methyl sites for hydroxylation is 2. The van der Waals surface area contributed by atoms with Crippen molar-refractivity contribution in [1.82, 2.24) is 9.97 Å². The summed E-state index contributed by atoms with van der Waals surface area (Å²) in [7, 11) is 0. The average Bonchev–Trinajstić information content (AvgIpc) is 2.48. The molecule has 2 rings (SSSR count). The van der Waals surface area contributed by atoms with Crippen molar-refractivity contribution >= 4 is 35.0 Å². The number of hydrogen-bond acceptors (Lipinski definition) is 4. The molecule has 0 aliphatic heterocycles. The number of anilines is 1. The number of carbonyl (C=O) groups excluding carboxylic acids is 1. The van der Waals surface area contributed by atoms with Gasteiger partial charge in [0.2, 0.25) is 5.91 Å². The second-order valence-electron chi connectivity index (χ2n) is 4.97. The first-order valence-electron chi connectivity index (χ1n) is 7.02. The third-order valence-corrected chi connectivity index (χ3v) is 4.85. The highest BCUT2D eigenvalue weighted by molar-refractivity contribution is 8.00. The predicted molar refractivity (Wildman–Crippen MR) is 91.5 cm³/mol. The Kier molecular flexibility index (Phi) is 5.80. The Hall–Kier alpha value is -1.59. The lowest BCUT2D eigenvalue weighted by atomic mass is 10.2. The van der Waals surface area contributed by atoms with E-state index >= 15 is 0 Å². The molecule has 0 unspecified atom stereocenters. The third-order valence-electron chi connectivity index (χ3n) is 3.14. The fourth-order valence-electron chi connectivity index (χ4n) is 1.86. The number of halogens is 1. The Labute approximate surface area is 139 Å². The second-order valence-corrected chi connectivity index (χ2v) is 6.60. The molecule has 0 fully saturated rings. The number of aromatic nitrogens is 2. The first kappa shape index (κ1) is 16.8. The SMILES string of the molecule is CC[C@H](Sc1cc(C)ncn1)C(=O)Nc1ccc(C)c(Cl)c1. The van der Waals surface area contributed by atoms with Crippen LogP contribution in [-0.4, -0.2) is 21.1 Å². The number of benzene rings is 1. The first-order valence-corrected chi connectivity index (χ1v) is 8.27. The smallest absolute Gasteiger partial charge is 0.237 e. The Balaban J connectivity index is 2.06. The molecule has 22 heavy (non-hydrogen) atoms. The molecular formula is C16H18ClN3OS. The van der Waals surface area contributed by atoms with Gasteiger partial charge in [0, 0.05) is 16.4 Å². The van der Waals surface area contributed by atoms with Crippen LogP contribution in [0.25, 0.3) is 0 Å². The molecule has 2 aromatic rings. The molecule has 6 heteroatoms. The van der Waals surface area contributed by atoms with Gasteiger partial charge in [-0.2, -0.15) is 0 Å². The quantitative estimate of drug-likeness (QED) is 0.655. The Morgan fingerprint density at radius 3 is 2.73 bits per heavy atom. The molecule has 0 bridgehead atoms. The van der Waals surface area contributed by atoms with Crippen molar-refractivity contribution in [2.24, 2.45) is 0 Å². The van der Waals surface area contributed by atoms with E-state index in [9.17, 15) is 4.79 Å². The summed E-state index contributed by atoms with van der Waals surface area (Å²) in [5.74, 6) is -0.0521. The number of thioether (sulfide) groups is 1. The number of amides is 1. The lowest BCUT2D eigenvalue weighted by Gasteiger charge is -2.14. The van der Waals surface area contributed by atoms with Gasteiger partial charge in [-0.25, -0.2) is 9.97 Å². The van der Waals surface area contributed by atoms with E-state index < -0.39 is 0 Å². The fourth-order valence-corrected chi connectivity index (χ4v) is 3.01. The van der Waals surface area contributed by atoms with Crippen LogP contribution in [0, 0.1) is 13.8 Å². The molecule has 1 aromatic carbocycles. The van der Waals surface area contributed by atoms with Gasteiger partial charge in [0.25, 0.3) is 0 Å². The lowest BCUT2D eigenvalue weighted by Crippen LogP contribution is -2.24. The van der Waals surface area contributed by atoms with Crippen molar-refractivity contribution in [2.45, 2.75) is 37.5 Å². The molecule has 0 aliphatic rings. The number of hydrogen-bond donors (Lipinski definition) is 1. The van der Waals surface area contributed by atoms with E-state index in [1.165, 1.54) is 18.1 Å². The third kappa shape index (κ3) is 4.45. The standard InChI is InChI=1S/C16H18ClN3OS/c1-4-14(22-15-7-11(3)18-9-19-15)16(21)20-12-6-5-10(2)13(17)8-12/h5-9,14H,4H2,1-3H3,(H,20,21)/t14-/m0/s1. The zero-order chi connectivity index (χ0) is 16.1. The minimum absolute atomic E-state index is 0.0521. The van der Waals surface area contributed by atoms with E-state index in [-0.39, 0.29) is 11.2 Å². The molecule has 0 aliphatic carbocycles. The Morgan fingerprint density at radius 2 is 2.09 bits per heavy atom. The molecule has 1 heterocycles. The van der Waals surface area contributed by atoms with Crippen molar-refractivity contribution in [3.63, 3.8) is 0 Å². The summed E-state index contributed by atoms with van der Waals surface area (Å²) < 4.78 is 0.